The maximum absolute atomic E-state index is 12.7. The Hall–Kier alpha value is -3.80. The number of carbonyl (C=O) groups excluding carboxylic acids is 1. The van der Waals surface area contributed by atoms with Crippen molar-refractivity contribution in [2.24, 2.45) is 10.1 Å². The molecule has 0 fully saturated rings. The van der Waals surface area contributed by atoms with Crippen LogP contribution in [0, 0.1) is 5.41 Å². The summed E-state index contributed by atoms with van der Waals surface area (Å²) in [6, 6.07) is 15.6. The van der Waals surface area contributed by atoms with Crippen LogP contribution < -0.4 is 4.18 Å². The first-order valence-corrected chi connectivity index (χ1v) is 12.6. The average Bonchev–Trinajstić information content (AvgIpc) is 3.29. The van der Waals surface area contributed by atoms with Gasteiger partial charge in [0.25, 0.3) is 5.91 Å². The molecule has 12 heteroatoms. The fourth-order valence-corrected chi connectivity index (χ4v) is 5.32. The molecule has 1 amide bonds. The standard InChI is InChI=1S/C23H14ClN5O4S2/c24-18-12-14(8-9-19(18)33-35(31,32)16-6-2-1-3-7-16)11-17-20(25)29-23(27-21(17)30)34-22(28-29)15-5-4-10-26-13-15/h1-13,25H/b17-11-,25-20?. The van der Waals surface area contributed by atoms with Gasteiger partial charge in [0.2, 0.25) is 5.17 Å². The number of aliphatic imine (C=N–C) groups is 1. The van der Waals surface area contributed by atoms with Gasteiger partial charge >= 0.3 is 10.1 Å². The minimum Gasteiger partial charge on any atom is -0.377 e. The number of halogens is 1. The molecule has 5 rings (SSSR count). The number of benzene rings is 2. The number of nitrogens with zero attached hydrogens (tertiary/aromatic N) is 4. The van der Waals surface area contributed by atoms with Crippen LogP contribution in [0.4, 0.5) is 0 Å². The third-order valence-electron chi connectivity index (χ3n) is 4.86. The first-order valence-electron chi connectivity index (χ1n) is 10.0. The van der Waals surface area contributed by atoms with Gasteiger partial charge in [0, 0.05) is 18.0 Å². The Bertz CT molecular complexity index is 1560. The highest BCUT2D eigenvalue weighted by Crippen LogP contribution is 2.32. The summed E-state index contributed by atoms with van der Waals surface area (Å²) in [7, 11) is -4.07. The van der Waals surface area contributed by atoms with Gasteiger partial charge in [-0.3, -0.25) is 15.2 Å². The van der Waals surface area contributed by atoms with Crippen molar-refractivity contribution in [1.82, 2.24) is 9.99 Å². The van der Waals surface area contributed by atoms with Crippen molar-refractivity contribution in [2.45, 2.75) is 4.90 Å². The summed E-state index contributed by atoms with van der Waals surface area (Å²) in [5, 5.41) is 15.1. The van der Waals surface area contributed by atoms with Crippen LogP contribution in [0.25, 0.3) is 6.08 Å². The van der Waals surface area contributed by atoms with Gasteiger partial charge in [-0.1, -0.05) is 35.9 Å². The average molecular weight is 524 g/mol. The molecular weight excluding hydrogens is 510 g/mol. The number of amidine groups is 2. The van der Waals surface area contributed by atoms with E-state index in [4.69, 9.17) is 21.2 Å². The lowest BCUT2D eigenvalue weighted by Gasteiger charge is -2.20. The Labute approximate surface area is 209 Å². The van der Waals surface area contributed by atoms with E-state index in [0.717, 1.165) is 5.56 Å². The molecular formula is C23H14ClN5O4S2. The molecule has 0 spiro atoms. The summed E-state index contributed by atoms with van der Waals surface area (Å²) in [5.41, 5.74) is 1.20. The Morgan fingerprint density at radius 3 is 2.60 bits per heavy atom. The summed E-state index contributed by atoms with van der Waals surface area (Å²) in [6.45, 7) is 0. The summed E-state index contributed by atoms with van der Waals surface area (Å²) < 4.78 is 30.1. The molecule has 9 nitrogen and oxygen atoms in total. The molecule has 0 saturated carbocycles. The Morgan fingerprint density at radius 2 is 1.89 bits per heavy atom. The van der Waals surface area contributed by atoms with E-state index in [1.165, 1.54) is 53.2 Å². The predicted molar refractivity (Wildman–Crippen MR) is 134 cm³/mol. The van der Waals surface area contributed by atoms with Crippen molar-refractivity contribution in [2.75, 3.05) is 0 Å². The zero-order valence-electron chi connectivity index (χ0n) is 17.6. The molecule has 35 heavy (non-hydrogen) atoms. The van der Waals surface area contributed by atoms with Gasteiger partial charge in [-0.2, -0.15) is 23.5 Å². The van der Waals surface area contributed by atoms with E-state index < -0.39 is 16.0 Å². The monoisotopic (exact) mass is 523 g/mol. The summed E-state index contributed by atoms with van der Waals surface area (Å²) in [6.07, 6.45) is 4.71. The molecule has 3 heterocycles. The van der Waals surface area contributed by atoms with Crippen LogP contribution in [-0.4, -0.2) is 40.4 Å². The minimum atomic E-state index is -4.07. The lowest BCUT2D eigenvalue weighted by molar-refractivity contribution is -0.114. The lowest BCUT2D eigenvalue weighted by Crippen LogP contribution is -2.35. The fraction of sp³-hybridized carbons (Fsp3) is 0. The van der Waals surface area contributed by atoms with Crippen LogP contribution >= 0.6 is 23.4 Å². The van der Waals surface area contributed by atoms with Crippen molar-refractivity contribution < 1.29 is 17.4 Å². The normalized spacial score (nSPS) is 16.7. The van der Waals surface area contributed by atoms with Gasteiger partial charge in [-0.25, -0.2) is 0 Å². The topological polar surface area (TPSA) is 125 Å². The molecule has 0 aliphatic carbocycles. The number of hydrazone groups is 1. The number of pyridine rings is 1. The molecule has 2 aliphatic heterocycles. The lowest BCUT2D eigenvalue weighted by atomic mass is 10.1. The number of hydrogen-bond donors (Lipinski definition) is 1. The van der Waals surface area contributed by atoms with Gasteiger partial charge in [0.1, 0.15) is 9.94 Å². The molecule has 1 N–H and O–H groups in total. The van der Waals surface area contributed by atoms with E-state index in [9.17, 15) is 13.2 Å². The number of carbonyl (C=O) groups is 1. The SMILES string of the molecule is N=C1/C(=C/c2ccc(OS(=O)(=O)c3ccccc3)c(Cl)c2)C(=O)N=C2SC(c3cccnc3)=NN12. The summed E-state index contributed by atoms with van der Waals surface area (Å²) >= 11 is 7.44. The number of thioether (sulfide) groups is 1. The molecule has 0 radical (unpaired) electrons. The highest BCUT2D eigenvalue weighted by molar-refractivity contribution is 8.27. The second-order valence-corrected chi connectivity index (χ2v) is 10.1. The highest BCUT2D eigenvalue weighted by atomic mass is 35.5. The van der Waals surface area contributed by atoms with E-state index in [0.29, 0.717) is 10.6 Å². The number of amides is 1. The van der Waals surface area contributed by atoms with Crippen molar-refractivity contribution in [1.29, 1.82) is 5.41 Å². The first kappa shape index (κ1) is 23.0. The molecule has 1 aromatic heterocycles. The second kappa shape index (κ2) is 9.10. The molecule has 2 aromatic carbocycles. The zero-order chi connectivity index (χ0) is 24.6. The van der Waals surface area contributed by atoms with E-state index in [1.54, 1.807) is 36.7 Å². The maximum atomic E-state index is 12.7. The van der Waals surface area contributed by atoms with Gasteiger partial charge < -0.3 is 4.18 Å². The van der Waals surface area contributed by atoms with E-state index >= 15 is 0 Å². The van der Waals surface area contributed by atoms with Gasteiger partial charge in [-0.15, -0.1) is 0 Å². The minimum absolute atomic E-state index is 0.00665. The van der Waals surface area contributed by atoms with E-state index in [2.05, 4.69) is 15.1 Å². The van der Waals surface area contributed by atoms with Crippen molar-refractivity contribution >= 4 is 61.5 Å². The third-order valence-corrected chi connectivity index (χ3v) is 7.36. The van der Waals surface area contributed by atoms with Gasteiger partial charge in [0.05, 0.1) is 10.6 Å². The number of aromatic nitrogens is 1. The smallest absolute Gasteiger partial charge is 0.339 e. The Kier molecular flexibility index (Phi) is 5.97. The van der Waals surface area contributed by atoms with Gasteiger partial charge in [-0.05, 0) is 59.8 Å². The number of hydrogen-bond acceptors (Lipinski definition) is 8. The largest absolute Gasteiger partial charge is 0.377 e. The van der Waals surface area contributed by atoms with Gasteiger partial charge in [0.15, 0.2) is 11.6 Å². The van der Waals surface area contributed by atoms with Crippen LogP contribution in [-0.2, 0) is 14.9 Å². The van der Waals surface area contributed by atoms with Crippen LogP contribution in [0.3, 0.4) is 0 Å². The highest BCUT2D eigenvalue weighted by Gasteiger charge is 2.36. The Morgan fingerprint density at radius 1 is 1.09 bits per heavy atom. The third kappa shape index (κ3) is 4.61. The fourth-order valence-electron chi connectivity index (χ4n) is 3.19. The van der Waals surface area contributed by atoms with Crippen molar-refractivity contribution in [3.63, 3.8) is 0 Å². The molecule has 2 aliphatic rings. The molecule has 174 valence electrons. The molecule has 0 atom stereocenters. The van der Waals surface area contributed by atoms with Crippen molar-refractivity contribution in [3.8, 4) is 5.75 Å². The van der Waals surface area contributed by atoms with Crippen LogP contribution in [0.15, 0.2) is 93.6 Å². The van der Waals surface area contributed by atoms with E-state index in [-0.39, 0.29) is 32.2 Å². The summed E-state index contributed by atoms with van der Waals surface area (Å²) in [5.74, 6) is -0.807. The maximum Gasteiger partial charge on any atom is 0.339 e. The second-order valence-electron chi connectivity index (χ2n) is 7.21. The molecule has 0 unspecified atom stereocenters. The molecule has 0 saturated heterocycles. The Balaban J connectivity index is 1.40. The zero-order valence-corrected chi connectivity index (χ0v) is 20.0. The molecule has 3 aromatic rings. The van der Waals surface area contributed by atoms with Crippen molar-refractivity contribution in [3.05, 3.63) is 94.8 Å². The quantitative estimate of drug-likeness (QED) is 0.393. The number of rotatable bonds is 5. The molecule has 0 bridgehead atoms. The van der Waals surface area contributed by atoms with E-state index in [1.807, 2.05) is 6.07 Å². The van der Waals surface area contributed by atoms with Crippen LogP contribution in [0.5, 0.6) is 5.75 Å². The van der Waals surface area contributed by atoms with Crippen LogP contribution in [0.2, 0.25) is 5.02 Å². The van der Waals surface area contributed by atoms with Crippen LogP contribution in [0.1, 0.15) is 11.1 Å². The predicted octanol–water partition coefficient (Wildman–Crippen LogP) is 4.17. The number of nitrogens with one attached hydrogen (secondary N) is 1. The first-order chi connectivity index (χ1) is 16.8. The number of fused-ring (bicyclic) bond motifs is 1. The summed E-state index contributed by atoms with van der Waals surface area (Å²) in [4.78, 5) is 20.8.